The number of benzene rings is 2. The number of β-amino-alcohol motifs (C(OH)–C–C–N with tert-alkyl or cyclic N) is 1. The maximum atomic E-state index is 12.6. The van der Waals surface area contributed by atoms with Crippen molar-refractivity contribution in [3.63, 3.8) is 0 Å². The third kappa shape index (κ3) is 3.19. The Bertz CT molecular complexity index is 771. The first-order valence-electron chi connectivity index (χ1n) is 7.64. The molecule has 2 atom stereocenters. The number of carbonyl (C=O) groups excluding carboxylic acids is 1. The van der Waals surface area contributed by atoms with Crippen LogP contribution in [-0.4, -0.2) is 46.2 Å². The maximum absolute atomic E-state index is 12.6. The van der Waals surface area contributed by atoms with Gasteiger partial charge >= 0.3 is 5.97 Å². The summed E-state index contributed by atoms with van der Waals surface area (Å²) < 4.78 is 0. The van der Waals surface area contributed by atoms with E-state index in [9.17, 15) is 14.7 Å². The van der Waals surface area contributed by atoms with Gasteiger partial charge in [-0.25, -0.2) is 0 Å². The number of rotatable bonds is 2. The average Bonchev–Trinajstić information content (AvgIpc) is 2.53. The number of likely N-dealkylation sites (tertiary alicyclic amines) is 1. The standard InChI is InChI=1S/C18H19NO4/c1-11-2-3-13-7-14(5-4-12(13)6-11)17(21)19-9-15(18(22)23)8-16(20)10-19/h2-7,15-16,20H,8-10H2,1H3,(H,22,23). The molecular weight excluding hydrogens is 294 g/mol. The number of hydrogen-bond donors (Lipinski definition) is 2. The van der Waals surface area contributed by atoms with E-state index in [0.717, 1.165) is 16.3 Å². The van der Waals surface area contributed by atoms with Gasteiger partial charge in [0.15, 0.2) is 0 Å². The van der Waals surface area contributed by atoms with Gasteiger partial charge in [-0.3, -0.25) is 9.59 Å². The predicted molar refractivity (Wildman–Crippen MR) is 86.3 cm³/mol. The second-order valence-electron chi connectivity index (χ2n) is 6.20. The van der Waals surface area contributed by atoms with Crippen LogP contribution in [-0.2, 0) is 4.79 Å². The molecule has 1 heterocycles. The van der Waals surface area contributed by atoms with Crippen LogP contribution in [0.1, 0.15) is 22.3 Å². The van der Waals surface area contributed by atoms with Crippen LogP contribution >= 0.6 is 0 Å². The minimum Gasteiger partial charge on any atom is -0.481 e. The van der Waals surface area contributed by atoms with Crippen molar-refractivity contribution in [2.45, 2.75) is 19.4 Å². The number of carbonyl (C=O) groups is 2. The van der Waals surface area contributed by atoms with Crippen LogP contribution < -0.4 is 0 Å². The second kappa shape index (κ2) is 6.01. The van der Waals surface area contributed by atoms with Gasteiger partial charge < -0.3 is 15.1 Å². The fourth-order valence-electron chi connectivity index (χ4n) is 3.10. The number of aliphatic hydroxyl groups excluding tert-OH is 1. The number of aliphatic carboxylic acids is 1. The summed E-state index contributed by atoms with van der Waals surface area (Å²) in [6.07, 6.45) is -0.604. The summed E-state index contributed by atoms with van der Waals surface area (Å²) >= 11 is 0. The van der Waals surface area contributed by atoms with E-state index in [-0.39, 0.29) is 25.4 Å². The van der Waals surface area contributed by atoms with Crippen LogP contribution in [0.4, 0.5) is 0 Å². The molecule has 0 saturated carbocycles. The Morgan fingerprint density at radius 3 is 2.52 bits per heavy atom. The van der Waals surface area contributed by atoms with E-state index in [1.54, 1.807) is 6.07 Å². The highest BCUT2D eigenvalue weighted by molar-refractivity contribution is 5.99. The van der Waals surface area contributed by atoms with Gasteiger partial charge in [0.05, 0.1) is 12.0 Å². The molecule has 0 spiro atoms. The van der Waals surface area contributed by atoms with E-state index >= 15 is 0 Å². The zero-order valence-corrected chi connectivity index (χ0v) is 12.9. The van der Waals surface area contributed by atoms with Crippen LogP contribution in [0, 0.1) is 12.8 Å². The van der Waals surface area contributed by atoms with Crippen LogP contribution in [0.3, 0.4) is 0 Å². The van der Waals surface area contributed by atoms with E-state index in [1.165, 1.54) is 4.90 Å². The first-order valence-corrected chi connectivity index (χ1v) is 7.64. The third-order valence-corrected chi connectivity index (χ3v) is 4.31. The molecule has 1 aliphatic heterocycles. The number of piperidine rings is 1. The van der Waals surface area contributed by atoms with Crippen molar-refractivity contribution in [1.29, 1.82) is 0 Å². The number of fused-ring (bicyclic) bond motifs is 1. The number of aliphatic hydroxyl groups is 1. The Morgan fingerprint density at radius 1 is 1.09 bits per heavy atom. The van der Waals surface area contributed by atoms with Gasteiger partial charge in [-0.15, -0.1) is 0 Å². The monoisotopic (exact) mass is 313 g/mol. The molecule has 2 aromatic carbocycles. The van der Waals surface area contributed by atoms with Crippen LogP contribution in [0.2, 0.25) is 0 Å². The zero-order chi connectivity index (χ0) is 16.6. The lowest BCUT2D eigenvalue weighted by atomic mass is 9.95. The van der Waals surface area contributed by atoms with Crippen molar-refractivity contribution < 1.29 is 19.8 Å². The maximum Gasteiger partial charge on any atom is 0.308 e. The molecule has 1 fully saturated rings. The van der Waals surface area contributed by atoms with Crippen LogP contribution in [0.25, 0.3) is 10.8 Å². The predicted octanol–water partition coefficient (Wildman–Crippen LogP) is 2.06. The largest absolute Gasteiger partial charge is 0.481 e. The molecule has 0 aromatic heterocycles. The molecule has 120 valence electrons. The summed E-state index contributed by atoms with van der Waals surface area (Å²) in [5.74, 6) is -1.93. The SMILES string of the molecule is Cc1ccc2cc(C(=O)N3CC(O)CC(C(=O)O)C3)ccc2c1. The van der Waals surface area contributed by atoms with E-state index in [2.05, 4.69) is 6.07 Å². The number of carboxylic acids is 1. The number of aryl methyl sites for hydroxylation is 1. The highest BCUT2D eigenvalue weighted by atomic mass is 16.4. The summed E-state index contributed by atoms with van der Waals surface area (Å²) in [6, 6.07) is 11.5. The van der Waals surface area contributed by atoms with Crippen molar-refractivity contribution in [3.8, 4) is 0 Å². The number of amides is 1. The second-order valence-corrected chi connectivity index (χ2v) is 6.20. The normalized spacial score (nSPS) is 21.4. The fourth-order valence-corrected chi connectivity index (χ4v) is 3.10. The minimum absolute atomic E-state index is 0.136. The van der Waals surface area contributed by atoms with Gasteiger partial charge in [-0.2, -0.15) is 0 Å². The summed E-state index contributed by atoms with van der Waals surface area (Å²) in [4.78, 5) is 25.2. The highest BCUT2D eigenvalue weighted by Gasteiger charge is 2.33. The van der Waals surface area contributed by atoms with E-state index < -0.39 is 18.0 Å². The van der Waals surface area contributed by atoms with E-state index in [4.69, 9.17) is 5.11 Å². The van der Waals surface area contributed by atoms with Crippen LogP contribution in [0.15, 0.2) is 36.4 Å². The molecule has 2 aromatic rings. The van der Waals surface area contributed by atoms with Gasteiger partial charge in [0, 0.05) is 18.7 Å². The van der Waals surface area contributed by atoms with Crippen molar-refractivity contribution in [2.24, 2.45) is 5.92 Å². The molecule has 3 rings (SSSR count). The van der Waals surface area contributed by atoms with Crippen LogP contribution in [0.5, 0.6) is 0 Å². The van der Waals surface area contributed by atoms with Crippen molar-refractivity contribution in [3.05, 3.63) is 47.5 Å². The van der Waals surface area contributed by atoms with Gasteiger partial charge in [-0.1, -0.05) is 29.8 Å². The lowest BCUT2D eigenvalue weighted by Gasteiger charge is -2.34. The first-order chi connectivity index (χ1) is 10.9. The minimum atomic E-state index is -0.976. The molecule has 1 aliphatic rings. The molecule has 5 heteroatoms. The Morgan fingerprint density at radius 2 is 1.78 bits per heavy atom. The first kappa shape index (κ1) is 15.5. The Hall–Kier alpha value is -2.40. The molecule has 2 unspecified atom stereocenters. The molecule has 0 bridgehead atoms. The quantitative estimate of drug-likeness (QED) is 0.889. The van der Waals surface area contributed by atoms with E-state index in [1.807, 2.05) is 31.2 Å². The molecule has 1 amide bonds. The molecule has 5 nitrogen and oxygen atoms in total. The number of carboxylic acid groups (broad SMARTS) is 1. The Balaban J connectivity index is 1.87. The Labute approximate surface area is 134 Å². The molecule has 23 heavy (non-hydrogen) atoms. The zero-order valence-electron chi connectivity index (χ0n) is 12.9. The van der Waals surface area contributed by atoms with Crippen molar-refractivity contribution in [2.75, 3.05) is 13.1 Å². The summed E-state index contributed by atoms with van der Waals surface area (Å²) in [5.41, 5.74) is 1.67. The van der Waals surface area contributed by atoms with Gasteiger partial charge in [0.1, 0.15) is 0 Å². The van der Waals surface area contributed by atoms with Gasteiger partial charge in [0.2, 0.25) is 0 Å². The number of hydrogen-bond acceptors (Lipinski definition) is 3. The summed E-state index contributed by atoms with van der Waals surface area (Å²) in [7, 11) is 0. The lowest BCUT2D eigenvalue weighted by Crippen LogP contribution is -2.48. The van der Waals surface area contributed by atoms with Gasteiger partial charge in [0.25, 0.3) is 5.91 Å². The average molecular weight is 313 g/mol. The third-order valence-electron chi connectivity index (χ3n) is 4.31. The topological polar surface area (TPSA) is 77.8 Å². The molecular formula is C18H19NO4. The summed E-state index contributed by atoms with van der Waals surface area (Å²) in [5, 5.41) is 21.0. The molecule has 1 saturated heterocycles. The summed E-state index contributed by atoms with van der Waals surface area (Å²) in [6.45, 7) is 2.32. The number of nitrogens with zero attached hydrogens (tertiary/aromatic N) is 1. The molecule has 2 N–H and O–H groups in total. The van der Waals surface area contributed by atoms with Crippen molar-refractivity contribution in [1.82, 2.24) is 4.90 Å². The highest BCUT2D eigenvalue weighted by Crippen LogP contribution is 2.22. The lowest BCUT2D eigenvalue weighted by molar-refractivity contribution is -0.144. The van der Waals surface area contributed by atoms with E-state index in [0.29, 0.717) is 5.56 Å². The van der Waals surface area contributed by atoms with Crippen molar-refractivity contribution >= 4 is 22.6 Å². The molecule has 0 radical (unpaired) electrons. The molecule has 0 aliphatic carbocycles. The van der Waals surface area contributed by atoms with Gasteiger partial charge in [-0.05, 0) is 36.2 Å². The smallest absolute Gasteiger partial charge is 0.308 e. The Kier molecular flexibility index (Phi) is 4.05. The fraction of sp³-hybridized carbons (Fsp3) is 0.333.